The molecule has 6 aromatic carbocycles. The fourth-order valence-electron chi connectivity index (χ4n) is 3.34. The van der Waals surface area contributed by atoms with Crippen molar-refractivity contribution in [2.75, 3.05) is 0 Å². The van der Waals surface area contributed by atoms with Crippen molar-refractivity contribution in [1.82, 2.24) is 0 Å². The van der Waals surface area contributed by atoms with Gasteiger partial charge in [-0.25, -0.2) is 36.4 Å². The van der Waals surface area contributed by atoms with E-state index in [1.54, 1.807) is 36.7 Å². The summed E-state index contributed by atoms with van der Waals surface area (Å²) in [6, 6.07) is 44.6. The van der Waals surface area contributed by atoms with Crippen LogP contribution in [0.3, 0.4) is 0 Å². The summed E-state index contributed by atoms with van der Waals surface area (Å²) in [6.07, 6.45) is 3.08. The van der Waals surface area contributed by atoms with Crippen LogP contribution in [0.1, 0.15) is 22.3 Å². The first-order valence-corrected chi connectivity index (χ1v) is 15.1. The molecule has 0 aromatic heterocycles. The summed E-state index contributed by atoms with van der Waals surface area (Å²) in [5.74, 6) is -0.501. The van der Waals surface area contributed by atoms with E-state index in [1.807, 2.05) is 109 Å². The van der Waals surface area contributed by atoms with Gasteiger partial charge in [0.2, 0.25) is 11.8 Å². The van der Waals surface area contributed by atoms with E-state index in [0.717, 1.165) is 11.1 Å². The summed E-state index contributed by atoms with van der Waals surface area (Å²) in [5.41, 5.74) is 2.60. The quantitative estimate of drug-likeness (QED) is 0.0574. The van der Waals surface area contributed by atoms with Crippen molar-refractivity contribution in [2.24, 2.45) is 20.4 Å². The first kappa shape index (κ1) is 45.8. The minimum Gasteiger partial charge on any atom is -0.739 e. The van der Waals surface area contributed by atoms with Gasteiger partial charge in [0, 0.05) is 66.9 Å². The van der Waals surface area contributed by atoms with E-state index in [0.29, 0.717) is 31.2 Å². The number of rotatable bonds is 6. The Morgan fingerprint density at radius 3 is 1.39 bits per heavy atom. The number of aliphatic hydroxyl groups excluding tert-OH is 2. The van der Waals surface area contributed by atoms with Crippen LogP contribution >= 0.6 is 46.4 Å². The van der Waals surface area contributed by atoms with Crippen LogP contribution < -0.4 is 0 Å². The molecule has 0 unspecified atom stereocenters. The van der Waals surface area contributed by atoms with E-state index in [1.165, 1.54) is 12.1 Å². The van der Waals surface area contributed by atoms with E-state index in [4.69, 9.17) is 46.4 Å². The van der Waals surface area contributed by atoms with Crippen molar-refractivity contribution < 1.29 is 60.8 Å². The third kappa shape index (κ3) is 18.4. The molecule has 0 saturated carbocycles. The van der Waals surface area contributed by atoms with Crippen molar-refractivity contribution in [2.45, 2.75) is 0 Å². The maximum atomic E-state index is 9.73. The van der Waals surface area contributed by atoms with Gasteiger partial charge in [0.05, 0.1) is 21.2 Å². The molecule has 0 amide bonds. The molecule has 2 N–H and O–H groups in total. The van der Waals surface area contributed by atoms with E-state index in [-0.39, 0.29) is 62.4 Å². The van der Waals surface area contributed by atoms with Crippen molar-refractivity contribution in [1.29, 1.82) is 0 Å². The van der Waals surface area contributed by atoms with Crippen LogP contribution in [-0.4, -0.2) is 34.4 Å². The van der Waals surface area contributed by atoms with Gasteiger partial charge < -0.3 is 51.4 Å². The first-order chi connectivity index (χ1) is 22.3. The standard InChI is InChI=1S/2C13H9Cl2N2O.2C5H5.2Fe.Ni/c2*14-10-5-6-11(12(15)7-10)13(18)17-16-8-9-3-1-2-4-9;2*1-2-4-5-3-1;;;/h2*1-8H,(H,17,18);2*1-5H;;;/q-5;3*-1;;;. The van der Waals surface area contributed by atoms with Crippen molar-refractivity contribution in [3.8, 4) is 0 Å². The third-order valence-corrected chi connectivity index (χ3v) is 6.65. The molecule has 0 atom stereocenters. The molecule has 266 valence electrons. The van der Waals surface area contributed by atoms with Gasteiger partial charge in [0.1, 0.15) is 0 Å². The normalized spacial score (nSPS) is 10.6. The second kappa shape index (κ2) is 26.7. The van der Waals surface area contributed by atoms with Gasteiger partial charge in [-0.1, -0.05) is 46.4 Å². The number of hydrogen-bond donors (Lipinski definition) is 2. The number of benzene rings is 2. The molecule has 0 aliphatic rings. The van der Waals surface area contributed by atoms with Crippen LogP contribution in [0.15, 0.2) is 166 Å². The topological polar surface area (TPSA) is 89.9 Å². The van der Waals surface area contributed by atoms with Gasteiger partial charge in [-0.05, 0) is 36.4 Å². The molecule has 6 aromatic rings. The number of hydrogen-bond acceptors (Lipinski definition) is 4. The average molecular weight is 861 g/mol. The molecule has 0 radical (unpaired) electrons. The van der Waals surface area contributed by atoms with Gasteiger partial charge in [0.25, 0.3) is 0 Å². The Bertz CT molecular complexity index is 1640. The van der Waals surface area contributed by atoms with Gasteiger partial charge in [-0.3, -0.25) is 0 Å². The molecule has 6 nitrogen and oxygen atoms in total. The van der Waals surface area contributed by atoms with Gasteiger partial charge in [0.15, 0.2) is 0 Å². The number of nitrogens with zero attached hydrogens (tertiary/aromatic N) is 4. The fourth-order valence-corrected chi connectivity index (χ4v) is 4.33. The summed E-state index contributed by atoms with van der Waals surface area (Å²) in [7, 11) is 0. The van der Waals surface area contributed by atoms with Crippen LogP contribution in [0.5, 0.6) is 0 Å². The van der Waals surface area contributed by atoms with Crippen LogP contribution in [0.4, 0.5) is 0 Å². The van der Waals surface area contributed by atoms with E-state index in [2.05, 4.69) is 20.4 Å². The van der Waals surface area contributed by atoms with Crippen molar-refractivity contribution in [3.05, 3.63) is 188 Å². The third-order valence-electron chi connectivity index (χ3n) is 5.55. The first-order valence-electron chi connectivity index (χ1n) is 13.6. The molecule has 0 heterocycles. The fraction of sp³-hybridized carbons (Fsp3) is 0. The SMILES string of the molecule is OC(=NN=C[c-]1[cH-][cH-][cH-][cH-]1)c1ccc(Cl)cc1Cl.OC(=NN=C[c-]1cccc1)c1ccc(Cl)cc1Cl.[Fe].[Fe].[Ni].c1cc[cH-]c1.c1cc[cH-]c1. The molecule has 0 aliphatic carbocycles. The maximum Gasteiger partial charge on any atom is 0.239 e. The largest absolute Gasteiger partial charge is 0.739 e. The Hall–Kier alpha value is -3.19. The Kier molecular flexibility index (Phi) is 24.9. The monoisotopic (exact) mass is 858 g/mol. The Labute approximate surface area is 337 Å². The molecule has 0 aliphatic heterocycles. The smallest absolute Gasteiger partial charge is 0.239 e. The zero-order chi connectivity index (χ0) is 33.0. The van der Waals surface area contributed by atoms with Crippen LogP contribution in [-0.2, 0) is 50.6 Å². The Morgan fingerprint density at radius 1 is 0.612 bits per heavy atom. The maximum absolute atomic E-state index is 9.73. The minimum atomic E-state index is -0.250. The predicted octanol–water partition coefficient (Wildman–Crippen LogP) is 10.9. The van der Waals surface area contributed by atoms with Gasteiger partial charge in [-0.15, -0.1) is 15.8 Å². The minimum absolute atomic E-state index is 0. The molecular weight excluding hydrogens is 833 g/mol. The molecule has 0 bridgehead atoms. The van der Waals surface area contributed by atoms with Crippen molar-refractivity contribution >= 4 is 70.6 Å². The van der Waals surface area contributed by atoms with Crippen LogP contribution in [0.25, 0.3) is 0 Å². The molecule has 49 heavy (non-hydrogen) atoms. The summed E-state index contributed by atoms with van der Waals surface area (Å²) in [4.78, 5) is 0. The molecule has 0 fully saturated rings. The van der Waals surface area contributed by atoms with Gasteiger partial charge >= 0.3 is 0 Å². The zero-order valence-electron chi connectivity index (χ0n) is 25.2. The Balaban J connectivity index is 0.000000697. The Morgan fingerprint density at radius 2 is 1.02 bits per heavy atom. The summed E-state index contributed by atoms with van der Waals surface area (Å²) in [5, 5.41) is 36.0. The summed E-state index contributed by atoms with van der Waals surface area (Å²) >= 11 is 23.4. The van der Waals surface area contributed by atoms with E-state index < -0.39 is 0 Å². The molecule has 0 saturated heterocycles. The second-order valence-electron chi connectivity index (χ2n) is 8.95. The molecule has 6 rings (SSSR count). The summed E-state index contributed by atoms with van der Waals surface area (Å²) < 4.78 is 0. The van der Waals surface area contributed by atoms with E-state index in [9.17, 15) is 10.2 Å². The predicted molar refractivity (Wildman–Crippen MR) is 195 cm³/mol. The molecular formula is C36H28Cl4Fe2N4NiO2-8. The summed E-state index contributed by atoms with van der Waals surface area (Å²) in [6.45, 7) is 0. The molecule has 13 heteroatoms. The average Bonchev–Trinajstić information content (AvgIpc) is 3.88. The molecule has 0 spiro atoms. The van der Waals surface area contributed by atoms with E-state index >= 15 is 0 Å². The van der Waals surface area contributed by atoms with Crippen LogP contribution in [0, 0.1) is 0 Å². The number of aliphatic hydroxyl groups is 2. The zero-order valence-corrected chi connectivity index (χ0v) is 31.4. The van der Waals surface area contributed by atoms with Crippen LogP contribution in [0.2, 0.25) is 20.1 Å². The van der Waals surface area contributed by atoms with Gasteiger partial charge in [-0.2, -0.15) is 53.6 Å². The number of halogens is 4. The second-order valence-corrected chi connectivity index (χ2v) is 10.6. The van der Waals surface area contributed by atoms with Crippen molar-refractivity contribution in [3.63, 3.8) is 0 Å².